The number of esters is 1. The summed E-state index contributed by atoms with van der Waals surface area (Å²) in [4.78, 5) is 74.2. The Kier molecular flexibility index (Phi) is 12.7. The second-order valence-electron chi connectivity index (χ2n) is 17.8. The number of imidazole rings is 2. The van der Waals surface area contributed by atoms with Crippen molar-refractivity contribution in [1.29, 1.82) is 0 Å². The molecule has 13 heteroatoms. The Balaban J connectivity index is 1.04. The van der Waals surface area contributed by atoms with Gasteiger partial charge >= 0.3 is 12.1 Å². The van der Waals surface area contributed by atoms with Gasteiger partial charge in [0.1, 0.15) is 17.7 Å². The van der Waals surface area contributed by atoms with Crippen LogP contribution in [0.1, 0.15) is 84.5 Å². The number of hydrogen-bond donors (Lipinski definition) is 2. The van der Waals surface area contributed by atoms with E-state index in [0.717, 1.165) is 69.0 Å². The van der Waals surface area contributed by atoms with Crippen molar-refractivity contribution in [2.45, 2.75) is 78.9 Å². The molecule has 13 nitrogen and oxygen atoms in total. The Morgan fingerprint density at radius 2 is 1.26 bits per heavy atom. The van der Waals surface area contributed by atoms with E-state index in [2.05, 4.69) is 84.5 Å². The van der Waals surface area contributed by atoms with Gasteiger partial charge in [0, 0.05) is 20.1 Å². The van der Waals surface area contributed by atoms with Crippen molar-refractivity contribution >= 4 is 34.9 Å². The fourth-order valence-electron chi connectivity index (χ4n) is 9.22. The third kappa shape index (κ3) is 8.92. The van der Waals surface area contributed by atoms with E-state index in [-0.39, 0.29) is 54.0 Å². The molecule has 7 rings (SSSR count). The average molecular weight is 830 g/mol. The van der Waals surface area contributed by atoms with Gasteiger partial charge in [0.2, 0.25) is 11.8 Å². The molecular weight excluding hydrogens is 771 g/mol. The molecular formula is C48H59N7O6. The number of carbonyl (C=O) groups excluding carboxylic acids is 4. The van der Waals surface area contributed by atoms with Crippen LogP contribution in [0.2, 0.25) is 0 Å². The number of aromatic nitrogens is 4. The predicted molar refractivity (Wildman–Crippen MR) is 235 cm³/mol. The molecule has 322 valence electrons. The number of likely N-dealkylation sites (N-methyl/N-ethyl adjacent to an activating group) is 1. The molecule has 6 atom stereocenters. The van der Waals surface area contributed by atoms with E-state index >= 15 is 0 Å². The number of hydrogen-bond acceptors (Lipinski definition) is 8. The molecule has 3 aromatic carbocycles. The zero-order chi connectivity index (χ0) is 43.7. The molecule has 0 aliphatic carbocycles. The van der Waals surface area contributed by atoms with Gasteiger partial charge in [0.15, 0.2) is 0 Å². The molecule has 5 aromatic rings. The number of rotatable bonds is 12. The Bertz CT molecular complexity index is 2370. The molecule has 4 heterocycles. The van der Waals surface area contributed by atoms with E-state index in [0.29, 0.717) is 19.0 Å². The number of nitrogens with zero attached hydrogens (tertiary/aromatic N) is 5. The SMILES string of the molecule is COC(=O)CC(C(=O)N1C[C@@H](C)C[C@H]1c1nc2ccc(-c3ccc(-c4ccc(-c5cnc([C@@H]6C[C@H](C)CN6C(=O)[C@H](C(C)C)N(C)C(=O)OC)[nH]5)cc4)cc3)cc2[nH]1)C(C)C. The first-order valence-corrected chi connectivity index (χ1v) is 21.4. The molecule has 3 amide bonds. The fraction of sp³-hybridized carbons (Fsp3) is 0.458. The third-order valence-electron chi connectivity index (χ3n) is 12.6. The Labute approximate surface area is 358 Å². The van der Waals surface area contributed by atoms with Crippen molar-refractivity contribution in [3.8, 4) is 33.5 Å². The van der Waals surface area contributed by atoms with Crippen molar-refractivity contribution in [1.82, 2.24) is 34.6 Å². The molecule has 61 heavy (non-hydrogen) atoms. The lowest BCUT2D eigenvalue weighted by molar-refractivity contribution is -0.148. The maximum atomic E-state index is 13.9. The Morgan fingerprint density at radius 1 is 0.721 bits per heavy atom. The summed E-state index contributed by atoms with van der Waals surface area (Å²) in [6.45, 7) is 13.3. The summed E-state index contributed by atoms with van der Waals surface area (Å²) in [6, 6.07) is 22.0. The van der Waals surface area contributed by atoms with Crippen molar-refractivity contribution in [2.75, 3.05) is 34.4 Å². The fourth-order valence-corrected chi connectivity index (χ4v) is 9.22. The monoisotopic (exact) mass is 829 g/mol. The molecule has 1 unspecified atom stereocenters. The first-order valence-electron chi connectivity index (χ1n) is 21.4. The van der Waals surface area contributed by atoms with Gasteiger partial charge in [-0.25, -0.2) is 14.8 Å². The van der Waals surface area contributed by atoms with Crippen LogP contribution >= 0.6 is 0 Å². The first kappa shape index (κ1) is 43.1. The summed E-state index contributed by atoms with van der Waals surface area (Å²) >= 11 is 0. The second kappa shape index (κ2) is 17.9. The molecule has 2 aliphatic heterocycles. The van der Waals surface area contributed by atoms with E-state index in [1.54, 1.807) is 7.05 Å². The van der Waals surface area contributed by atoms with Crippen molar-refractivity contribution in [3.05, 3.63) is 84.6 Å². The lowest BCUT2D eigenvalue weighted by atomic mass is 9.91. The van der Waals surface area contributed by atoms with Crippen LogP contribution in [-0.4, -0.2) is 98.9 Å². The molecule has 2 fully saturated rings. The minimum atomic E-state index is -0.646. The third-order valence-corrected chi connectivity index (χ3v) is 12.6. The number of aromatic amines is 2. The quantitative estimate of drug-likeness (QED) is 0.119. The zero-order valence-electron chi connectivity index (χ0n) is 36.8. The first-order chi connectivity index (χ1) is 29.2. The Morgan fingerprint density at radius 3 is 1.82 bits per heavy atom. The molecule has 2 N–H and O–H groups in total. The molecule has 0 radical (unpaired) electrons. The van der Waals surface area contributed by atoms with E-state index in [1.807, 2.05) is 49.8 Å². The Hall–Kier alpha value is -5.98. The van der Waals surface area contributed by atoms with Gasteiger partial charge < -0.3 is 29.2 Å². The number of nitrogens with one attached hydrogen (secondary N) is 2. The second-order valence-corrected chi connectivity index (χ2v) is 17.8. The lowest BCUT2D eigenvalue weighted by Gasteiger charge is -2.34. The highest BCUT2D eigenvalue weighted by Crippen LogP contribution is 2.39. The average Bonchev–Trinajstić information content (AvgIpc) is 4.07. The maximum Gasteiger partial charge on any atom is 0.409 e. The van der Waals surface area contributed by atoms with Crippen LogP contribution in [0.15, 0.2) is 72.9 Å². The van der Waals surface area contributed by atoms with E-state index in [9.17, 15) is 19.2 Å². The van der Waals surface area contributed by atoms with Gasteiger partial charge in [0.25, 0.3) is 0 Å². The smallest absolute Gasteiger partial charge is 0.409 e. The van der Waals surface area contributed by atoms with E-state index in [1.165, 1.54) is 19.1 Å². The maximum absolute atomic E-state index is 13.9. The van der Waals surface area contributed by atoms with Gasteiger partial charge in [-0.2, -0.15) is 0 Å². The summed E-state index contributed by atoms with van der Waals surface area (Å²) in [5.41, 5.74) is 7.89. The minimum absolute atomic E-state index is 0.00446. The molecule has 2 saturated heterocycles. The number of ether oxygens (including phenoxy) is 2. The molecule has 0 spiro atoms. The molecule has 0 saturated carbocycles. The summed E-state index contributed by atoms with van der Waals surface area (Å²) in [7, 11) is 4.30. The van der Waals surface area contributed by atoms with Gasteiger partial charge in [-0.15, -0.1) is 0 Å². The van der Waals surface area contributed by atoms with Crippen LogP contribution < -0.4 is 0 Å². The number of likely N-dealkylation sites (tertiary alicyclic amines) is 2. The predicted octanol–water partition coefficient (Wildman–Crippen LogP) is 8.66. The number of benzene rings is 3. The highest BCUT2D eigenvalue weighted by Gasteiger charge is 2.43. The summed E-state index contributed by atoms with van der Waals surface area (Å²) in [5.74, 6) is 1.03. The van der Waals surface area contributed by atoms with Gasteiger partial charge in [-0.05, 0) is 76.5 Å². The summed E-state index contributed by atoms with van der Waals surface area (Å²) in [5, 5.41) is 0. The van der Waals surface area contributed by atoms with Crippen LogP contribution in [-0.2, 0) is 23.9 Å². The minimum Gasteiger partial charge on any atom is -0.469 e. The number of H-pyrrole nitrogens is 2. The van der Waals surface area contributed by atoms with Crippen molar-refractivity contribution < 1.29 is 28.7 Å². The highest BCUT2D eigenvalue weighted by molar-refractivity contribution is 5.87. The lowest BCUT2D eigenvalue weighted by Crippen LogP contribution is -2.52. The van der Waals surface area contributed by atoms with E-state index in [4.69, 9.17) is 19.4 Å². The van der Waals surface area contributed by atoms with Crippen molar-refractivity contribution in [2.24, 2.45) is 29.6 Å². The molecule has 2 aliphatic rings. The summed E-state index contributed by atoms with van der Waals surface area (Å²) < 4.78 is 9.84. The van der Waals surface area contributed by atoms with Gasteiger partial charge in [0.05, 0.1) is 61.6 Å². The van der Waals surface area contributed by atoms with Gasteiger partial charge in [-0.1, -0.05) is 96.1 Å². The van der Waals surface area contributed by atoms with Crippen LogP contribution in [0.5, 0.6) is 0 Å². The van der Waals surface area contributed by atoms with Crippen LogP contribution in [0, 0.1) is 29.6 Å². The van der Waals surface area contributed by atoms with E-state index < -0.39 is 18.1 Å². The molecule has 0 bridgehead atoms. The van der Waals surface area contributed by atoms with Gasteiger partial charge in [-0.3, -0.25) is 19.3 Å². The topological polar surface area (TPSA) is 154 Å². The number of methoxy groups -OCH3 is 2. The number of amides is 3. The zero-order valence-corrected chi connectivity index (χ0v) is 36.8. The number of carbonyl (C=O) groups is 4. The van der Waals surface area contributed by atoms with Crippen LogP contribution in [0.4, 0.5) is 4.79 Å². The summed E-state index contributed by atoms with van der Waals surface area (Å²) in [6.07, 6.45) is 2.93. The number of fused-ring (bicyclic) bond motifs is 1. The largest absolute Gasteiger partial charge is 0.469 e. The highest BCUT2D eigenvalue weighted by atomic mass is 16.5. The standard InChI is InChI=1S/C48H59N7O6/c1-27(2)36(23-42(56)60-8)46(57)54-25-30(6)21-41(54)45-50-37-19-18-35(22-38(37)51-45)33-12-10-31(11-13-33)32-14-16-34(17-15-32)39-24-49-44(52-39)40-20-29(5)26-55(40)47(58)43(28(3)4)53(7)48(59)61-9/h10-19,22,24,27-30,36,40-41,43H,20-21,23,25-26H2,1-9H3,(H,49,52)(H,50,51)/t29-,30-,36?,40-,41-,43-/m0/s1. The van der Waals surface area contributed by atoms with Crippen LogP contribution in [0.3, 0.4) is 0 Å². The normalized spacial score (nSPS) is 20.0. The van der Waals surface area contributed by atoms with Crippen molar-refractivity contribution in [3.63, 3.8) is 0 Å². The van der Waals surface area contributed by atoms with Crippen LogP contribution in [0.25, 0.3) is 44.5 Å². The molecule has 2 aromatic heterocycles.